The first kappa shape index (κ1) is 18.4. The van der Waals surface area contributed by atoms with Gasteiger partial charge in [0, 0.05) is 12.1 Å². The number of halogens is 5. The van der Waals surface area contributed by atoms with Crippen LogP contribution in [0.25, 0.3) is 11.5 Å². The quantitative estimate of drug-likeness (QED) is 0.806. The Bertz CT molecular complexity index is 826. The van der Waals surface area contributed by atoms with Gasteiger partial charge < -0.3 is 14.6 Å². The van der Waals surface area contributed by atoms with Gasteiger partial charge in [0.1, 0.15) is 17.9 Å². The van der Waals surface area contributed by atoms with Crippen LogP contribution in [-0.4, -0.2) is 45.8 Å². The Morgan fingerprint density at radius 3 is 2.73 bits per heavy atom. The molecule has 0 aliphatic carbocycles. The largest absolute Gasteiger partial charge is 0.408 e. The summed E-state index contributed by atoms with van der Waals surface area (Å²) in [5, 5.41) is 9.86. The van der Waals surface area contributed by atoms with Gasteiger partial charge in [-0.05, 0) is 31.5 Å². The van der Waals surface area contributed by atoms with E-state index in [0.29, 0.717) is 0 Å². The van der Waals surface area contributed by atoms with E-state index in [9.17, 15) is 22.4 Å². The lowest BCUT2D eigenvalue weighted by Crippen LogP contribution is -2.60. The monoisotopic (exact) mass is 392 g/mol. The first-order valence-corrected chi connectivity index (χ1v) is 7.97. The van der Waals surface area contributed by atoms with Crippen LogP contribution in [0.15, 0.2) is 22.6 Å². The predicted molar refractivity (Wildman–Crippen MR) is 84.0 cm³/mol. The maximum absolute atomic E-state index is 13.5. The van der Waals surface area contributed by atoms with Crippen molar-refractivity contribution in [3.05, 3.63) is 29.0 Å². The summed E-state index contributed by atoms with van der Waals surface area (Å²) in [6, 6.07) is 0.940. The summed E-state index contributed by atoms with van der Waals surface area (Å²) in [6.45, 7) is 1.42. The van der Waals surface area contributed by atoms with Gasteiger partial charge in [0.05, 0.1) is 5.02 Å². The topological polar surface area (TPSA) is 71.3 Å². The third-order valence-electron chi connectivity index (χ3n) is 3.98. The highest BCUT2D eigenvalue weighted by Gasteiger charge is 2.51. The second kappa shape index (κ2) is 6.75. The number of rotatable bonds is 4. The lowest BCUT2D eigenvalue weighted by Gasteiger charge is -2.42. The summed E-state index contributed by atoms with van der Waals surface area (Å²) in [7, 11) is 0. The van der Waals surface area contributed by atoms with Crippen molar-refractivity contribution >= 4 is 23.5 Å². The molecule has 1 amide bonds. The van der Waals surface area contributed by atoms with Gasteiger partial charge in [-0.25, -0.2) is 4.39 Å². The van der Waals surface area contributed by atoms with E-state index in [1.54, 1.807) is 0 Å². The van der Waals surface area contributed by atoms with Crippen LogP contribution in [0.4, 0.5) is 23.6 Å². The lowest BCUT2D eigenvalue weighted by molar-refractivity contribution is -0.212. The summed E-state index contributed by atoms with van der Waals surface area (Å²) >= 11 is 5.59. The van der Waals surface area contributed by atoms with Crippen LogP contribution in [-0.2, 0) is 4.79 Å². The third kappa shape index (κ3) is 3.59. The summed E-state index contributed by atoms with van der Waals surface area (Å²) in [5.41, 5.74) is 0.270. The zero-order valence-corrected chi connectivity index (χ0v) is 14.1. The SMILES string of the molecule is C[C@@H](Nc1nnc(-c2ccc(Cl)c(F)c2)o1)C(=O)N1CC[C@@H]1C(F)(F)F. The Morgan fingerprint density at radius 2 is 2.15 bits per heavy atom. The average Bonchev–Trinajstić information content (AvgIpc) is 2.95. The Morgan fingerprint density at radius 1 is 1.42 bits per heavy atom. The highest BCUT2D eigenvalue weighted by molar-refractivity contribution is 6.30. The van der Waals surface area contributed by atoms with Gasteiger partial charge in [-0.1, -0.05) is 16.7 Å². The number of nitrogens with zero attached hydrogens (tertiary/aromatic N) is 3. The number of amides is 1. The van der Waals surface area contributed by atoms with Crippen LogP contribution in [0, 0.1) is 5.82 Å². The van der Waals surface area contributed by atoms with E-state index in [1.165, 1.54) is 19.1 Å². The zero-order chi connectivity index (χ0) is 19.1. The van der Waals surface area contributed by atoms with E-state index < -0.39 is 30.0 Å². The number of hydrogen-bond donors (Lipinski definition) is 1. The van der Waals surface area contributed by atoms with Gasteiger partial charge >= 0.3 is 12.2 Å². The number of likely N-dealkylation sites (tertiary alicyclic amines) is 1. The molecule has 0 radical (unpaired) electrons. The number of alkyl halides is 3. The number of nitrogens with one attached hydrogen (secondary N) is 1. The molecule has 0 saturated carbocycles. The molecular formula is C15H13ClF4N4O2. The molecule has 1 aliphatic rings. The Kier molecular flexibility index (Phi) is 4.78. The van der Waals surface area contributed by atoms with E-state index in [0.717, 1.165) is 11.0 Å². The van der Waals surface area contributed by atoms with Crippen LogP contribution >= 0.6 is 11.6 Å². The minimum Gasteiger partial charge on any atom is -0.403 e. The van der Waals surface area contributed by atoms with Gasteiger partial charge in [0.15, 0.2) is 0 Å². The number of aromatic nitrogens is 2. The summed E-state index contributed by atoms with van der Waals surface area (Å²) in [4.78, 5) is 12.9. The summed E-state index contributed by atoms with van der Waals surface area (Å²) in [6.07, 6.45) is -4.57. The van der Waals surface area contributed by atoms with Crippen molar-refractivity contribution in [2.45, 2.75) is 31.6 Å². The normalized spacial score (nSPS) is 18.4. The molecule has 0 unspecified atom stereocenters. The highest BCUT2D eigenvalue weighted by Crippen LogP contribution is 2.34. The molecule has 26 heavy (non-hydrogen) atoms. The average molecular weight is 393 g/mol. The summed E-state index contributed by atoms with van der Waals surface area (Å²) in [5.74, 6) is -1.42. The van der Waals surface area contributed by atoms with Crippen LogP contribution in [0.2, 0.25) is 5.02 Å². The molecule has 0 bridgehead atoms. The van der Waals surface area contributed by atoms with Crippen molar-refractivity contribution in [1.82, 2.24) is 15.1 Å². The van der Waals surface area contributed by atoms with Gasteiger partial charge in [0.25, 0.3) is 0 Å². The van der Waals surface area contributed by atoms with E-state index in [-0.39, 0.29) is 35.5 Å². The molecule has 1 fully saturated rings. The van der Waals surface area contributed by atoms with Gasteiger partial charge in [0.2, 0.25) is 11.8 Å². The zero-order valence-electron chi connectivity index (χ0n) is 13.3. The van der Waals surface area contributed by atoms with Crippen LogP contribution in [0.1, 0.15) is 13.3 Å². The molecule has 1 aromatic heterocycles. The third-order valence-corrected chi connectivity index (χ3v) is 4.29. The van der Waals surface area contributed by atoms with Crippen molar-refractivity contribution < 1.29 is 26.8 Å². The van der Waals surface area contributed by atoms with E-state index in [4.69, 9.17) is 16.0 Å². The van der Waals surface area contributed by atoms with Crippen LogP contribution in [0.3, 0.4) is 0 Å². The first-order valence-electron chi connectivity index (χ1n) is 7.59. The number of carbonyl (C=O) groups excluding carboxylic acids is 1. The maximum atomic E-state index is 13.5. The molecular weight excluding hydrogens is 380 g/mol. The molecule has 1 aliphatic heterocycles. The van der Waals surface area contributed by atoms with Gasteiger partial charge in [-0.2, -0.15) is 13.2 Å². The number of benzene rings is 1. The molecule has 6 nitrogen and oxygen atoms in total. The minimum atomic E-state index is -4.45. The van der Waals surface area contributed by atoms with Gasteiger partial charge in [-0.15, -0.1) is 5.10 Å². The smallest absolute Gasteiger partial charge is 0.403 e. The first-order chi connectivity index (χ1) is 12.2. The molecule has 1 aromatic carbocycles. The van der Waals surface area contributed by atoms with Crippen molar-refractivity contribution in [3.8, 4) is 11.5 Å². The van der Waals surface area contributed by atoms with Crippen molar-refractivity contribution in [2.24, 2.45) is 0 Å². The lowest BCUT2D eigenvalue weighted by atomic mass is 10.0. The van der Waals surface area contributed by atoms with Crippen molar-refractivity contribution in [3.63, 3.8) is 0 Å². The second-order valence-electron chi connectivity index (χ2n) is 5.78. The van der Waals surface area contributed by atoms with Crippen LogP contribution in [0.5, 0.6) is 0 Å². The number of hydrogen-bond acceptors (Lipinski definition) is 5. The van der Waals surface area contributed by atoms with Gasteiger partial charge in [-0.3, -0.25) is 4.79 Å². The number of carbonyl (C=O) groups is 1. The highest BCUT2D eigenvalue weighted by atomic mass is 35.5. The fraction of sp³-hybridized carbons (Fsp3) is 0.400. The molecule has 140 valence electrons. The minimum absolute atomic E-state index is 0.0279. The molecule has 1 saturated heterocycles. The summed E-state index contributed by atoms with van der Waals surface area (Å²) < 4.78 is 57.0. The van der Waals surface area contributed by atoms with E-state index >= 15 is 0 Å². The van der Waals surface area contributed by atoms with Crippen molar-refractivity contribution in [2.75, 3.05) is 11.9 Å². The Balaban J connectivity index is 1.67. The molecule has 2 aromatic rings. The van der Waals surface area contributed by atoms with Crippen molar-refractivity contribution in [1.29, 1.82) is 0 Å². The van der Waals surface area contributed by atoms with E-state index in [1.807, 2.05) is 0 Å². The fourth-order valence-electron chi connectivity index (χ4n) is 2.51. The number of anilines is 1. The van der Waals surface area contributed by atoms with E-state index in [2.05, 4.69) is 15.5 Å². The predicted octanol–water partition coefficient (Wildman–Crippen LogP) is 3.49. The maximum Gasteiger partial charge on any atom is 0.408 e. The fourth-order valence-corrected chi connectivity index (χ4v) is 2.63. The van der Waals surface area contributed by atoms with Crippen LogP contribution < -0.4 is 5.32 Å². The Hall–Kier alpha value is -2.36. The second-order valence-corrected chi connectivity index (χ2v) is 6.19. The molecule has 0 spiro atoms. The Labute approximate surface area is 150 Å². The molecule has 3 rings (SSSR count). The molecule has 11 heteroatoms. The molecule has 2 heterocycles. The standard InChI is InChI=1S/C15H13ClF4N4O2/c1-7(13(25)24-5-4-11(24)15(18,19)20)21-14-23-22-12(26-14)8-2-3-9(16)10(17)6-8/h2-3,6-7,11H,4-5H2,1H3,(H,21,23)/t7-,11-/m1/s1. The molecule has 2 atom stereocenters. The molecule has 1 N–H and O–H groups in total.